The van der Waals surface area contributed by atoms with E-state index in [-0.39, 0.29) is 5.91 Å². The largest absolute Gasteiger partial charge is 0.325 e. The van der Waals surface area contributed by atoms with Crippen LogP contribution in [-0.2, 0) is 10.5 Å². The van der Waals surface area contributed by atoms with Gasteiger partial charge in [0.05, 0.1) is 10.1 Å². The fourth-order valence-electron chi connectivity index (χ4n) is 1.59. The Kier molecular flexibility index (Phi) is 5.31. The summed E-state index contributed by atoms with van der Waals surface area (Å²) in [6.07, 6.45) is 0. The predicted molar refractivity (Wildman–Crippen MR) is 85.3 cm³/mol. The maximum atomic E-state index is 11.8. The number of carbonyl (C=O) groups is 1. The Labute approximate surface area is 126 Å². The number of amides is 1. The molecule has 1 heterocycles. The first kappa shape index (κ1) is 14.4. The van der Waals surface area contributed by atoms with Crippen LogP contribution in [0.1, 0.15) is 10.4 Å². The van der Waals surface area contributed by atoms with Crippen LogP contribution in [0.2, 0.25) is 4.34 Å². The van der Waals surface area contributed by atoms with Gasteiger partial charge in [-0.1, -0.05) is 23.7 Å². The number of rotatable bonds is 5. The zero-order chi connectivity index (χ0) is 13.7. The van der Waals surface area contributed by atoms with Gasteiger partial charge in [0.25, 0.3) is 0 Å². The van der Waals surface area contributed by atoms with Gasteiger partial charge in [0.15, 0.2) is 0 Å². The molecule has 0 unspecified atom stereocenters. The first-order valence-corrected chi connectivity index (χ1v) is 8.17. The summed E-state index contributed by atoms with van der Waals surface area (Å²) in [4.78, 5) is 13.0. The highest BCUT2D eigenvalue weighted by Crippen LogP contribution is 2.25. The Morgan fingerprint density at radius 2 is 2.21 bits per heavy atom. The molecule has 0 aliphatic carbocycles. The van der Waals surface area contributed by atoms with Crippen LogP contribution >= 0.6 is 34.7 Å². The van der Waals surface area contributed by atoms with E-state index in [1.54, 1.807) is 23.1 Å². The van der Waals surface area contributed by atoms with E-state index in [1.807, 2.05) is 43.3 Å². The summed E-state index contributed by atoms with van der Waals surface area (Å²) < 4.78 is 0.791. The Hall–Kier alpha value is -0.970. The van der Waals surface area contributed by atoms with Gasteiger partial charge in [-0.25, -0.2) is 0 Å². The lowest BCUT2D eigenvalue weighted by atomic mass is 10.2. The van der Waals surface area contributed by atoms with Gasteiger partial charge in [-0.05, 0) is 36.8 Å². The summed E-state index contributed by atoms with van der Waals surface area (Å²) in [6, 6.07) is 11.7. The lowest BCUT2D eigenvalue weighted by Gasteiger charge is -2.05. The molecular weight excluding hydrogens is 298 g/mol. The van der Waals surface area contributed by atoms with Gasteiger partial charge in [-0.3, -0.25) is 4.79 Å². The molecule has 0 atom stereocenters. The zero-order valence-corrected chi connectivity index (χ0v) is 12.9. The molecule has 1 amide bonds. The zero-order valence-electron chi connectivity index (χ0n) is 10.5. The van der Waals surface area contributed by atoms with Crippen LogP contribution in [0.25, 0.3) is 0 Å². The van der Waals surface area contributed by atoms with E-state index in [9.17, 15) is 4.79 Å². The van der Waals surface area contributed by atoms with Crippen molar-refractivity contribution in [1.82, 2.24) is 0 Å². The minimum Gasteiger partial charge on any atom is -0.325 e. The highest BCUT2D eigenvalue weighted by atomic mass is 35.5. The smallest absolute Gasteiger partial charge is 0.234 e. The van der Waals surface area contributed by atoms with E-state index in [2.05, 4.69) is 5.32 Å². The maximum Gasteiger partial charge on any atom is 0.234 e. The molecule has 0 aliphatic rings. The van der Waals surface area contributed by atoms with Crippen molar-refractivity contribution in [3.63, 3.8) is 0 Å². The molecule has 0 saturated heterocycles. The van der Waals surface area contributed by atoms with Crippen LogP contribution in [0.3, 0.4) is 0 Å². The molecule has 1 aromatic carbocycles. The molecule has 0 radical (unpaired) electrons. The Morgan fingerprint density at radius 3 is 2.89 bits per heavy atom. The van der Waals surface area contributed by atoms with Crippen molar-refractivity contribution in [2.45, 2.75) is 12.7 Å². The lowest BCUT2D eigenvalue weighted by molar-refractivity contribution is -0.113. The Morgan fingerprint density at radius 1 is 1.37 bits per heavy atom. The van der Waals surface area contributed by atoms with Gasteiger partial charge < -0.3 is 5.32 Å². The van der Waals surface area contributed by atoms with Crippen LogP contribution in [-0.4, -0.2) is 11.7 Å². The molecule has 0 bridgehead atoms. The van der Waals surface area contributed by atoms with E-state index in [0.29, 0.717) is 5.75 Å². The van der Waals surface area contributed by atoms with Crippen molar-refractivity contribution in [2.24, 2.45) is 0 Å². The normalized spacial score (nSPS) is 10.4. The molecule has 1 aromatic heterocycles. The standard InChI is InChI=1S/C14H14ClNOS2/c1-10-3-2-4-11(7-10)16-14(17)9-18-8-12-5-6-13(15)19-12/h2-7H,8-9H2,1H3,(H,16,17). The third kappa shape index (κ3) is 4.90. The maximum absolute atomic E-state index is 11.8. The van der Waals surface area contributed by atoms with E-state index < -0.39 is 0 Å². The molecule has 2 nitrogen and oxygen atoms in total. The van der Waals surface area contributed by atoms with Crippen molar-refractivity contribution in [2.75, 3.05) is 11.1 Å². The summed E-state index contributed by atoms with van der Waals surface area (Å²) >= 11 is 9.00. The molecular formula is C14H14ClNOS2. The van der Waals surface area contributed by atoms with Gasteiger partial charge in [0, 0.05) is 16.3 Å². The topological polar surface area (TPSA) is 29.1 Å². The molecule has 19 heavy (non-hydrogen) atoms. The van der Waals surface area contributed by atoms with Crippen LogP contribution < -0.4 is 5.32 Å². The molecule has 5 heteroatoms. The minimum atomic E-state index is 0.0262. The molecule has 1 N–H and O–H groups in total. The van der Waals surface area contributed by atoms with E-state index in [4.69, 9.17) is 11.6 Å². The number of hydrogen-bond donors (Lipinski definition) is 1. The quantitative estimate of drug-likeness (QED) is 0.875. The molecule has 2 rings (SSSR count). The average Bonchev–Trinajstić information content (AvgIpc) is 2.75. The minimum absolute atomic E-state index is 0.0262. The monoisotopic (exact) mass is 311 g/mol. The predicted octanol–water partition coefficient (Wildman–Crippen LogP) is 4.58. The van der Waals surface area contributed by atoms with E-state index >= 15 is 0 Å². The molecule has 0 aliphatic heterocycles. The summed E-state index contributed by atoms with van der Waals surface area (Å²) in [5.41, 5.74) is 1.99. The first-order chi connectivity index (χ1) is 9.13. The molecule has 100 valence electrons. The fraction of sp³-hybridized carbons (Fsp3) is 0.214. The molecule has 2 aromatic rings. The summed E-state index contributed by atoms with van der Waals surface area (Å²) in [6.45, 7) is 2.00. The second kappa shape index (κ2) is 6.98. The van der Waals surface area contributed by atoms with E-state index in [1.165, 1.54) is 4.88 Å². The number of thioether (sulfide) groups is 1. The highest BCUT2D eigenvalue weighted by Gasteiger charge is 2.04. The van der Waals surface area contributed by atoms with Crippen molar-refractivity contribution in [3.8, 4) is 0 Å². The molecule has 0 saturated carbocycles. The second-order valence-electron chi connectivity index (χ2n) is 4.12. The number of thiophene rings is 1. The highest BCUT2D eigenvalue weighted by molar-refractivity contribution is 7.99. The van der Waals surface area contributed by atoms with Crippen LogP contribution in [0, 0.1) is 6.92 Å². The summed E-state index contributed by atoms with van der Waals surface area (Å²) in [7, 11) is 0. The van der Waals surface area contributed by atoms with Gasteiger partial charge in [0.2, 0.25) is 5.91 Å². The van der Waals surface area contributed by atoms with Gasteiger partial charge in [0.1, 0.15) is 0 Å². The lowest BCUT2D eigenvalue weighted by Crippen LogP contribution is -2.14. The third-order valence-corrected chi connectivity index (χ3v) is 4.80. The van der Waals surface area contributed by atoms with E-state index in [0.717, 1.165) is 21.3 Å². The van der Waals surface area contributed by atoms with Gasteiger partial charge in [-0.2, -0.15) is 0 Å². The number of anilines is 1. The van der Waals surface area contributed by atoms with Crippen LogP contribution in [0.5, 0.6) is 0 Å². The number of benzene rings is 1. The molecule has 0 fully saturated rings. The first-order valence-electron chi connectivity index (χ1n) is 5.82. The third-order valence-electron chi connectivity index (χ3n) is 2.41. The molecule has 0 spiro atoms. The van der Waals surface area contributed by atoms with Crippen LogP contribution in [0.4, 0.5) is 5.69 Å². The number of aryl methyl sites for hydroxylation is 1. The second-order valence-corrected chi connectivity index (χ2v) is 6.90. The Balaban J connectivity index is 1.76. The number of nitrogens with one attached hydrogen (secondary N) is 1. The van der Waals surface area contributed by atoms with Crippen molar-refractivity contribution >= 4 is 46.3 Å². The summed E-state index contributed by atoms with van der Waals surface area (Å²) in [5, 5.41) is 2.89. The van der Waals surface area contributed by atoms with Gasteiger partial charge in [-0.15, -0.1) is 23.1 Å². The number of carbonyl (C=O) groups excluding carboxylic acids is 1. The van der Waals surface area contributed by atoms with Gasteiger partial charge >= 0.3 is 0 Å². The van der Waals surface area contributed by atoms with Crippen molar-refractivity contribution in [1.29, 1.82) is 0 Å². The SMILES string of the molecule is Cc1cccc(NC(=O)CSCc2ccc(Cl)s2)c1. The summed E-state index contributed by atoms with van der Waals surface area (Å²) in [5.74, 6) is 1.29. The number of hydrogen-bond acceptors (Lipinski definition) is 3. The number of halogens is 1. The Bertz CT molecular complexity index is 568. The fourth-order valence-corrected chi connectivity index (χ4v) is 3.62. The average molecular weight is 312 g/mol. The van der Waals surface area contributed by atoms with Crippen LogP contribution in [0.15, 0.2) is 36.4 Å². The van der Waals surface area contributed by atoms with Crippen molar-refractivity contribution in [3.05, 3.63) is 51.2 Å². The van der Waals surface area contributed by atoms with Crippen molar-refractivity contribution < 1.29 is 4.79 Å².